The van der Waals surface area contributed by atoms with Gasteiger partial charge in [0.25, 0.3) is 5.91 Å². The number of rotatable bonds is 5. The highest BCUT2D eigenvalue weighted by Gasteiger charge is 2.08. The first kappa shape index (κ1) is 16.6. The summed E-state index contributed by atoms with van der Waals surface area (Å²) in [4.78, 5) is 15.1. The lowest BCUT2D eigenvalue weighted by molar-refractivity contribution is -0.123. The summed E-state index contributed by atoms with van der Waals surface area (Å²) >= 11 is 0. The molecule has 3 aromatic rings. The van der Waals surface area contributed by atoms with Crippen LogP contribution in [-0.2, 0) is 4.79 Å². The number of amides is 1. The Kier molecular flexibility index (Phi) is 4.70. The van der Waals surface area contributed by atoms with Gasteiger partial charge in [0.1, 0.15) is 5.75 Å². The zero-order chi connectivity index (χ0) is 17.8. The number of carbonyl (C=O) groups is 1. The molecule has 0 spiro atoms. The van der Waals surface area contributed by atoms with Crippen molar-refractivity contribution in [2.24, 2.45) is 5.10 Å². The molecule has 6 nitrogen and oxygen atoms in total. The zero-order valence-electron chi connectivity index (χ0n) is 14.2. The predicted octanol–water partition coefficient (Wildman–Crippen LogP) is 2.90. The highest BCUT2D eigenvalue weighted by atomic mass is 16.5. The fourth-order valence-corrected chi connectivity index (χ4v) is 2.78. The van der Waals surface area contributed by atoms with Crippen molar-refractivity contribution in [3.8, 4) is 5.75 Å². The molecule has 3 rings (SSSR count). The number of nitrogens with zero attached hydrogens (tertiary/aromatic N) is 1. The Balaban J connectivity index is 1.59. The number of aromatic nitrogens is 1. The number of nitrogens with one attached hydrogen (secondary N) is 2. The van der Waals surface area contributed by atoms with Crippen LogP contribution in [0.2, 0.25) is 0 Å². The summed E-state index contributed by atoms with van der Waals surface area (Å²) in [6.07, 6.45) is 3.49. The van der Waals surface area contributed by atoms with Gasteiger partial charge in [-0.15, -0.1) is 0 Å². The molecule has 0 aliphatic heterocycles. The predicted molar refractivity (Wildman–Crippen MR) is 99.9 cm³/mol. The molecule has 4 N–H and O–H groups in total. The minimum Gasteiger partial charge on any atom is -0.483 e. The second-order valence-corrected chi connectivity index (χ2v) is 5.85. The molecular weight excluding hydrogens is 316 g/mol. The lowest BCUT2D eigenvalue weighted by Crippen LogP contribution is -2.25. The van der Waals surface area contributed by atoms with Crippen LogP contribution in [0.3, 0.4) is 0 Å². The lowest BCUT2D eigenvalue weighted by Gasteiger charge is -2.12. The number of aryl methyl sites for hydroxylation is 2. The van der Waals surface area contributed by atoms with E-state index in [9.17, 15) is 4.79 Å². The van der Waals surface area contributed by atoms with E-state index in [0.717, 1.165) is 27.6 Å². The average molecular weight is 336 g/mol. The minimum atomic E-state index is -0.326. The molecule has 1 amide bonds. The molecule has 1 heterocycles. The summed E-state index contributed by atoms with van der Waals surface area (Å²) in [5, 5.41) is 5.05. The standard InChI is InChI=1S/C19H20N4O2/c1-12-8-15(20)9-13(2)19(12)25-11-18(24)23-22-10-14-4-3-5-17-16(14)6-7-21-17/h3-10,21H,11,20H2,1-2H3,(H,23,24). The summed E-state index contributed by atoms with van der Waals surface area (Å²) in [5.41, 5.74) is 12.7. The zero-order valence-corrected chi connectivity index (χ0v) is 14.2. The number of nitrogen functional groups attached to an aromatic ring is 1. The molecule has 0 saturated heterocycles. The molecule has 0 radical (unpaired) electrons. The van der Waals surface area contributed by atoms with Crippen molar-refractivity contribution >= 4 is 28.7 Å². The Hall–Kier alpha value is -3.28. The van der Waals surface area contributed by atoms with Crippen molar-refractivity contribution in [2.45, 2.75) is 13.8 Å². The molecule has 0 aliphatic rings. The third-order valence-electron chi connectivity index (χ3n) is 3.85. The maximum absolute atomic E-state index is 11.9. The van der Waals surface area contributed by atoms with E-state index in [1.807, 2.05) is 56.4 Å². The number of nitrogens with two attached hydrogens (primary N) is 1. The Morgan fingerprint density at radius 3 is 2.80 bits per heavy atom. The molecule has 0 aliphatic carbocycles. The Labute approximate surface area is 145 Å². The molecule has 0 unspecified atom stereocenters. The number of hydrogen-bond donors (Lipinski definition) is 3. The van der Waals surface area contributed by atoms with E-state index in [2.05, 4.69) is 15.5 Å². The SMILES string of the molecule is Cc1cc(N)cc(C)c1OCC(=O)NN=Cc1cccc2[nH]ccc12. The van der Waals surface area contributed by atoms with Crippen molar-refractivity contribution in [2.75, 3.05) is 12.3 Å². The molecule has 0 fully saturated rings. The number of anilines is 1. The maximum atomic E-state index is 11.9. The fraction of sp³-hybridized carbons (Fsp3) is 0.158. The van der Waals surface area contributed by atoms with E-state index in [1.165, 1.54) is 0 Å². The average Bonchev–Trinajstić information content (AvgIpc) is 3.03. The van der Waals surface area contributed by atoms with Crippen LogP contribution in [0, 0.1) is 13.8 Å². The number of carbonyl (C=O) groups excluding carboxylic acids is 1. The van der Waals surface area contributed by atoms with Crippen molar-refractivity contribution in [3.05, 3.63) is 59.3 Å². The van der Waals surface area contributed by atoms with Crippen LogP contribution in [0.25, 0.3) is 10.9 Å². The van der Waals surface area contributed by atoms with Gasteiger partial charge in [-0.2, -0.15) is 5.10 Å². The summed E-state index contributed by atoms with van der Waals surface area (Å²) in [5.74, 6) is 0.346. The van der Waals surface area contributed by atoms with Crippen molar-refractivity contribution in [1.82, 2.24) is 10.4 Å². The van der Waals surface area contributed by atoms with E-state index in [-0.39, 0.29) is 12.5 Å². The van der Waals surface area contributed by atoms with E-state index in [0.29, 0.717) is 11.4 Å². The molecule has 128 valence electrons. The number of hydrazone groups is 1. The third kappa shape index (κ3) is 3.80. The van der Waals surface area contributed by atoms with Gasteiger partial charge < -0.3 is 15.5 Å². The third-order valence-corrected chi connectivity index (χ3v) is 3.85. The van der Waals surface area contributed by atoms with Crippen LogP contribution < -0.4 is 15.9 Å². The van der Waals surface area contributed by atoms with Gasteiger partial charge in [-0.05, 0) is 49.2 Å². The van der Waals surface area contributed by atoms with Crippen molar-refractivity contribution in [3.63, 3.8) is 0 Å². The quantitative estimate of drug-likeness (QED) is 0.380. The molecule has 0 atom stereocenters. The Bertz CT molecular complexity index is 920. The molecule has 2 aromatic carbocycles. The van der Waals surface area contributed by atoms with E-state index in [1.54, 1.807) is 6.21 Å². The monoisotopic (exact) mass is 336 g/mol. The molecule has 0 bridgehead atoms. The van der Waals surface area contributed by atoms with Gasteiger partial charge in [0.15, 0.2) is 6.61 Å². The number of ether oxygens (including phenoxy) is 1. The Morgan fingerprint density at radius 1 is 1.28 bits per heavy atom. The minimum absolute atomic E-state index is 0.114. The summed E-state index contributed by atoms with van der Waals surface area (Å²) in [6.45, 7) is 3.68. The molecule has 1 aromatic heterocycles. The van der Waals surface area contributed by atoms with Crippen LogP contribution in [0.15, 0.2) is 47.7 Å². The maximum Gasteiger partial charge on any atom is 0.277 e. The molecule has 25 heavy (non-hydrogen) atoms. The molecule has 6 heteroatoms. The van der Waals surface area contributed by atoms with Crippen molar-refractivity contribution < 1.29 is 9.53 Å². The summed E-state index contributed by atoms with van der Waals surface area (Å²) in [7, 11) is 0. The highest BCUT2D eigenvalue weighted by Crippen LogP contribution is 2.25. The van der Waals surface area contributed by atoms with E-state index < -0.39 is 0 Å². The smallest absolute Gasteiger partial charge is 0.277 e. The van der Waals surface area contributed by atoms with Crippen LogP contribution in [0.4, 0.5) is 5.69 Å². The summed E-state index contributed by atoms with van der Waals surface area (Å²) < 4.78 is 5.60. The van der Waals surface area contributed by atoms with Crippen LogP contribution in [0.5, 0.6) is 5.75 Å². The van der Waals surface area contributed by atoms with Gasteiger partial charge in [-0.3, -0.25) is 4.79 Å². The first-order chi connectivity index (χ1) is 12.0. The number of aromatic amines is 1. The second kappa shape index (κ2) is 7.09. The number of benzene rings is 2. The van der Waals surface area contributed by atoms with Crippen LogP contribution in [0.1, 0.15) is 16.7 Å². The first-order valence-electron chi connectivity index (χ1n) is 7.92. The molecular formula is C19H20N4O2. The largest absolute Gasteiger partial charge is 0.483 e. The number of fused-ring (bicyclic) bond motifs is 1. The highest BCUT2D eigenvalue weighted by molar-refractivity contribution is 5.98. The van der Waals surface area contributed by atoms with Gasteiger partial charge in [0.05, 0.1) is 6.21 Å². The normalized spacial score (nSPS) is 11.1. The fourth-order valence-electron chi connectivity index (χ4n) is 2.78. The topological polar surface area (TPSA) is 92.5 Å². The van der Waals surface area contributed by atoms with E-state index in [4.69, 9.17) is 10.5 Å². The van der Waals surface area contributed by atoms with Gasteiger partial charge in [0, 0.05) is 28.4 Å². The number of H-pyrrole nitrogens is 1. The van der Waals surface area contributed by atoms with Crippen molar-refractivity contribution in [1.29, 1.82) is 0 Å². The number of hydrogen-bond acceptors (Lipinski definition) is 4. The Morgan fingerprint density at radius 2 is 2.04 bits per heavy atom. The van der Waals surface area contributed by atoms with Crippen LogP contribution in [-0.4, -0.2) is 23.7 Å². The van der Waals surface area contributed by atoms with E-state index >= 15 is 0 Å². The second-order valence-electron chi connectivity index (χ2n) is 5.85. The van der Waals surface area contributed by atoms with Gasteiger partial charge in [-0.1, -0.05) is 12.1 Å². The van der Waals surface area contributed by atoms with Crippen LogP contribution >= 0.6 is 0 Å². The van der Waals surface area contributed by atoms with Gasteiger partial charge >= 0.3 is 0 Å². The van der Waals surface area contributed by atoms with Gasteiger partial charge in [0.2, 0.25) is 0 Å². The van der Waals surface area contributed by atoms with Gasteiger partial charge in [-0.25, -0.2) is 5.43 Å². The lowest BCUT2D eigenvalue weighted by atomic mass is 10.1. The first-order valence-corrected chi connectivity index (χ1v) is 7.92. The molecule has 0 saturated carbocycles. The summed E-state index contributed by atoms with van der Waals surface area (Å²) in [6, 6.07) is 11.4.